The minimum absolute atomic E-state index is 0.0283. The summed E-state index contributed by atoms with van der Waals surface area (Å²) >= 11 is 5.96. The lowest BCUT2D eigenvalue weighted by atomic mass is 10.2. The number of hydrogen-bond donors (Lipinski definition) is 1. The lowest BCUT2D eigenvalue weighted by Crippen LogP contribution is -2.23. The van der Waals surface area contributed by atoms with Crippen molar-refractivity contribution in [3.63, 3.8) is 0 Å². The lowest BCUT2D eigenvalue weighted by molar-refractivity contribution is -0.384. The maximum Gasteiger partial charge on any atom is 0.270 e. The Hall–Kier alpha value is -3.26. The molecule has 0 aliphatic carbocycles. The van der Waals surface area contributed by atoms with Gasteiger partial charge in [-0.3, -0.25) is 19.5 Å². The number of carbonyl (C=O) groups excluding carboxylic acids is 1. The van der Waals surface area contributed by atoms with Crippen LogP contribution in [0.2, 0.25) is 5.02 Å². The highest BCUT2D eigenvalue weighted by Crippen LogP contribution is 2.22. The van der Waals surface area contributed by atoms with E-state index >= 15 is 0 Å². The van der Waals surface area contributed by atoms with Crippen molar-refractivity contribution in [2.45, 2.75) is 6.54 Å². The average molecular weight is 358 g/mol. The zero-order chi connectivity index (χ0) is 17.8. The van der Waals surface area contributed by atoms with E-state index in [1.54, 1.807) is 35.6 Å². The topological polar surface area (TPSA) is 103 Å². The van der Waals surface area contributed by atoms with E-state index in [2.05, 4.69) is 15.3 Å². The van der Waals surface area contributed by atoms with Gasteiger partial charge in [-0.15, -0.1) is 0 Å². The molecule has 2 aromatic heterocycles. The number of benzene rings is 1. The SMILES string of the molecule is O=C(NCc1ccnc(-n2ccnc2)c1)c1ccc([N+](=O)[O-])cc1Cl. The third-order valence-corrected chi connectivity index (χ3v) is 3.75. The van der Waals surface area contributed by atoms with E-state index in [0.717, 1.165) is 11.6 Å². The van der Waals surface area contributed by atoms with Crippen molar-refractivity contribution in [1.29, 1.82) is 0 Å². The summed E-state index contributed by atoms with van der Waals surface area (Å²) in [5, 5.41) is 13.5. The summed E-state index contributed by atoms with van der Waals surface area (Å²) in [6, 6.07) is 7.32. The number of nitro benzene ring substituents is 1. The van der Waals surface area contributed by atoms with Crippen LogP contribution in [0.5, 0.6) is 0 Å². The number of pyridine rings is 1. The Morgan fingerprint density at radius 2 is 2.12 bits per heavy atom. The third-order valence-electron chi connectivity index (χ3n) is 3.44. The first-order valence-corrected chi connectivity index (χ1v) is 7.58. The molecular weight excluding hydrogens is 346 g/mol. The van der Waals surface area contributed by atoms with Crippen molar-refractivity contribution in [3.8, 4) is 5.82 Å². The van der Waals surface area contributed by atoms with Crippen molar-refractivity contribution < 1.29 is 9.72 Å². The van der Waals surface area contributed by atoms with Gasteiger partial charge in [0.25, 0.3) is 11.6 Å². The van der Waals surface area contributed by atoms with Crippen LogP contribution >= 0.6 is 11.6 Å². The molecule has 0 radical (unpaired) electrons. The first-order valence-electron chi connectivity index (χ1n) is 7.20. The molecule has 8 nitrogen and oxygen atoms in total. The number of non-ortho nitro benzene ring substituents is 1. The molecule has 1 amide bonds. The Morgan fingerprint density at radius 1 is 1.28 bits per heavy atom. The van der Waals surface area contributed by atoms with Gasteiger partial charge >= 0.3 is 0 Å². The number of amides is 1. The standard InChI is InChI=1S/C16H12ClN5O3/c17-14-8-12(22(24)25)1-2-13(14)16(23)20-9-11-3-4-19-15(7-11)21-6-5-18-10-21/h1-8,10H,9H2,(H,20,23). The summed E-state index contributed by atoms with van der Waals surface area (Å²) in [7, 11) is 0. The second-order valence-electron chi connectivity index (χ2n) is 5.10. The van der Waals surface area contributed by atoms with Gasteiger partial charge in [0.05, 0.1) is 15.5 Å². The molecule has 0 saturated heterocycles. The fraction of sp³-hybridized carbons (Fsp3) is 0.0625. The van der Waals surface area contributed by atoms with Gasteiger partial charge in [0.2, 0.25) is 0 Å². The number of nitro groups is 1. The van der Waals surface area contributed by atoms with E-state index < -0.39 is 10.8 Å². The van der Waals surface area contributed by atoms with Gasteiger partial charge in [-0.25, -0.2) is 9.97 Å². The van der Waals surface area contributed by atoms with Gasteiger partial charge < -0.3 is 5.32 Å². The smallest absolute Gasteiger partial charge is 0.270 e. The van der Waals surface area contributed by atoms with Gasteiger partial charge in [-0.05, 0) is 23.8 Å². The number of imidazole rings is 1. The minimum atomic E-state index is -0.567. The van der Waals surface area contributed by atoms with Crippen LogP contribution in [0.4, 0.5) is 5.69 Å². The van der Waals surface area contributed by atoms with Crippen LogP contribution in [0.15, 0.2) is 55.2 Å². The zero-order valence-electron chi connectivity index (χ0n) is 12.8. The Labute approximate surface area is 147 Å². The predicted molar refractivity (Wildman–Crippen MR) is 90.6 cm³/mol. The Balaban J connectivity index is 1.70. The molecule has 0 atom stereocenters. The van der Waals surface area contributed by atoms with Crippen LogP contribution in [0.1, 0.15) is 15.9 Å². The van der Waals surface area contributed by atoms with Crippen LogP contribution in [0.3, 0.4) is 0 Å². The van der Waals surface area contributed by atoms with Gasteiger partial charge in [-0.1, -0.05) is 11.6 Å². The van der Waals surface area contributed by atoms with E-state index in [4.69, 9.17) is 11.6 Å². The van der Waals surface area contributed by atoms with Crippen molar-refractivity contribution >= 4 is 23.2 Å². The molecule has 2 heterocycles. The van der Waals surface area contributed by atoms with E-state index in [0.29, 0.717) is 5.82 Å². The van der Waals surface area contributed by atoms with Crippen LogP contribution < -0.4 is 5.32 Å². The average Bonchev–Trinajstić information content (AvgIpc) is 3.14. The first-order chi connectivity index (χ1) is 12.0. The molecule has 1 N–H and O–H groups in total. The quantitative estimate of drug-likeness (QED) is 0.558. The summed E-state index contributed by atoms with van der Waals surface area (Å²) < 4.78 is 1.75. The van der Waals surface area contributed by atoms with Crippen LogP contribution in [0, 0.1) is 10.1 Å². The molecule has 0 fully saturated rings. The summed E-state index contributed by atoms with van der Waals surface area (Å²) in [5.74, 6) is 0.263. The van der Waals surface area contributed by atoms with Crippen molar-refractivity contribution in [1.82, 2.24) is 19.9 Å². The number of nitrogens with one attached hydrogen (secondary N) is 1. The molecule has 0 aliphatic rings. The number of aromatic nitrogens is 3. The Bertz CT molecular complexity index is 927. The molecular formula is C16H12ClN5O3. The van der Waals surface area contributed by atoms with Crippen LogP contribution in [-0.4, -0.2) is 25.4 Å². The lowest BCUT2D eigenvalue weighted by Gasteiger charge is -2.08. The molecule has 0 unspecified atom stereocenters. The van der Waals surface area contributed by atoms with Crippen molar-refractivity contribution in [2.24, 2.45) is 0 Å². The summed E-state index contributed by atoms with van der Waals surface area (Å²) in [5.41, 5.74) is 0.849. The zero-order valence-corrected chi connectivity index (χ0v) is 13.6. The number of hydrogen-bond acceptors (Lipinski definition) is 5. The Morgan fingerprint density at radius 3 is 2.80 bits per heavy atom. The predicted octanol–water partition coefficient (Wildman–Crippen LogP) is 2.76. The number of rotatable bonds is 5. The molecule has 0 aliphatic heterocycles. The van der Waals surface area contributed by atoms with Gasteiger partial charge in [0.1, 0.15) is 12.1 Å². The molecule has 1 aromatic carbocycles. The van der Waals surface area contributed by atoms with E-state index in [1.807, 2.05) is 6.07 Å². The molecule has 0 saturated carbocycles. The number of carbonyl (C=O) groups is 1. The monoisotopic (exact) mass is 357 g/mol. The highest BCUT2D eigenvalue weighted by atomic mass is 35.5. The van der Waals surface area contributed by atoms with Crippen LogP contribution in [0.25, 0.3) is 5.82 Å². The molecule has 126 valence electrons. The molecule has 0 bridgehead atoms. The fourth-order valence-corrected chi connectivity index (χ4v) is 2.45. The van der Waals surface area contributed by atoms with Gasteiger partial charge in [-0.2, -0.15) is 0 Å². The highest BCUT2D eigenvalue weighted by Gasteiger charge is 2.14. The minimum Gasteiger partial charge on any atom is -0.348 e. The maximum atomic E-state index is 12.2. The van der Waals surface area contributed by atoms with Crippen molar-refractivity contribution in [2.75, 3.05) is 0 Å². The number of nitrogens with zero attached hydrogens (tertiary/aromatic N) is 4. The number of halogens is 1. The van der Waals surface area contributed by atoms with Gasteiger partial charge in [0.15, 0.2) is 0 Å². The maximum absolute atomic E-state index is 12.2. The summed E-state index contributed by atoms with van der Waals surface area (Å²) in [4.78, 5) is 30.6. The largest absolute Gasteiger partial charge is 0.348 e. The highest BCUT2D eigenvalue weighted by molar-refractivity contribution is 6.34. The second-order valence-corrected chi connectivity index (χ2v) is 5.50. The normalized spacial score (nSPS) is 10.4. The summed E-state index contributed by atoms with van der Waals surface area (Å²) in [6.07, 6.45) is 6.67. The summed E-state index contributed by atoms with van der Waals surface area (Å²) in [6.45, 7) is 0.260. The Kier molecular flexibility index (Phi) is 4.71. The van der Waals surface area contributed by atoms with Crippen LogP contribution in [-0.2, 0) is 6.54 Å². The van der Waals surface area contributed by atoms with Crippen molar-refractivity contribution in [3.05, 3.63) is 81.5 Å². The molecule has 25 heavy (non-hydrogen) atoms. The second kappa shape index (κ2) is 7.10. The molecule has 9 heteroatoms. The molecule has 3 rings (SSSR count). The van der Waals surface area contributed by atoms with E-state index in [9.17, 15) is 14.9 Å². The van der Waals surface area contributed by atoms with Gasteiger partial charge in [0, 0.05) is 37.3 Å². The molecule has 3 aromatic rings. The first kappa shape index (κ1) is 16.6. The fourth-order valence-electron chi connectivity index (χ4n) is 2.19. The van der Waals surface area contributed by atoms with E-state index in [-0.39, 0.29) is 22.8 Å². The molecule has 0 spiro atoms. The third kappa shape index (κ3) is 3.81. The van der Waals surface area contributed by atoms with E-state index in [1.165, 1.54) is 12.1 Å².